The highest BCUT2D eigenvalue weighted by atomic mass is 16.2. The van der Waals surface area contributed by atoms with Crippen molar-refractivity contribution in [1.82, 2.24) is 19.7 Å². The Hall–Kier alpha value is -3.48. The number of aryl methyl sites for hydroxylation is 2. The molecule has 3 aromatic rings. The molecular formula is C25H29N5O2. The first-order chi connectivity index (χ1) is 15.5. The summed E-state index contributed by atoms with van der Waals surface area (Å²) in [7, 11) is 0. The van der Waals surface area contributed by atoms with Gasteiger partial charge in [-0.2, -0.15) is 5.10 Å². The number of nitrogens with one attached hydrogen (secondary N) is 1. The number of carbonyl (C=O) groups is 2. The molecule has 2 amide bonds. The molecule has 0 aliphatic carbocycles. The summed E-state index contributed by atoms with van der Waals surface area (Å²) in [6, 6.07) is 13.6. The largest absolute Gasteiger partial charge is 0.338 e. The lowest BCUT2D eigenvalue weighted by Gasteiger charge is -2.32. The van der Waals surface area contributed by atoms with Crippen LogP contribution in [0, 0.1) is 19.8 Å². The summed E-state index contributed by atoms with van der Waals surface area (Å²) in [5, 5.41) is 7.40. The summed E-state index contributed by atoms with van der Waals surface area (Å²) in [5.74, 6) is 0.136. The molecule has 0 spiro atoms. The fourth-order valence-corrected chi connectivity index (χ4v) is 4.19. The van der Waals surface area contributed by atoms with E-state index in [-0.39, 0.29) is 17.7 Å². The van der Waals surface area contributed by atoms with E-state index in [0.29, 0.717) is 30.9 Å². The van der Waals surface area contributed by atoms with Gasteiger partial charge in [-0.25, -0.2) is 9.67 Å². The maximum atomic E-state index is 13.4. The first-order valence-corrected chi connectivity index (χ1v) is 11.1. The topological polar surface area (TPSA) is 80.1 Å². The van der Waals surface area contributed by atoms with Gasteiger partial charge in [0.05, 0.1) is 29.1 Å². The minimum atomic E-state index is -0.257. The highest BCUT2D eigenvalue weighted by molar-refractivity contribution is 5.96. The molecule has 1 saturated heterocycles. The maximum absolute atomic E-state index is 13.4. The number of hydrogen-bond donors (Lipinski definition) is 1. The fraction of sp³-hybridized carbons (Fsp3) is 0.360. The van der Waals surface area contributed by atoms with Gasteiger partial charge < -0.3 is 10.2 Å². The predicted molar refractivity (Wildman–Crippen MR) is 124 cm³/mol. The van der Waals surface area contributed by atoms with Crippen molar-refractivity contribution in [3.05, 3.63) is 71.2 Å². The molecule has 1 N–H and O–H groups in total. The van der Waals surface area contributed by atoms with Crippen LogP contribution in [0.15, 0.2) is 48.7 Å². The Bertz CT molecular complexity index is 1120. The number of pyridine rings is 1. The molecule has 0 bridgehead atoms. The average molecular weight is 432 g/mol. The zero-order valence-corrected chi connectivity index (χ0v) is 18.8. The maximum Gasteiger partial charge on any atom is 0.257 e. The first-order valence-electron chi connectivity index (χ1n) is 11.1. The lowest BCUT2D eigenvalue weighted by Crippen LogP contribution is -2.44. The van der Waals surface area contributed by atoms with Crippen LogP contribution in [0.3, 0.4) is 0 Å². The quantitative estimate of drug-likeness (QED) is 0.664. The number of hydrogen-bond acceptors (Lipinski definition) is 4. The second-order valence-corrected chi connectivity index (χ2v) is 8.35. The van der Waals surface area contributed by atoms with Crippen LogP contribution < -0.4 is 5.32 Å². The molecule has 4 rings (SSSR count). The van der Waals surface area contributed by atoms with Gasteiger partial charge in [-0.05, 0) is 57.4 Å². The fourth-order valence-electron chi connectivity index (χ4n) is 4.19. The van der Waals surface area contributed by atoms with Gasteiger partial charge in [0, 0.05) is 18.8 Å². The number of benzene rings is 1. The van der Waals surface area contributed by atoms with Crippen molar-refractivity contribution in [2.24, 2.45) is 5.92 Å². The number of amides is 2. The van der Waals surface area contributed by atoms with E-state index in [0.717, 1.165) is 29.9 Å². The number of piperidine rings is 1. The van der Waals surface area contributed by atoms with E-state index in [2.05, 4.69) is 15.4 Å². The highest BCUT2D eigenvalue weighted by Gasteiger charge is 2.31. The minimum absolute atomic E-state index is 0.0635. The Morgan fingerprint density at radius 2 is 1.91 bits per heavy atom. The molecule has 0 saturated carbocycles. The summed E-state index contributed by atoms with van der Waals surface area (Å²) >= 11 is 0. The van der Waals surface area contributed by atoms with Crippen molar-refractivity contribution in [1.29, 1.82) is 0 Å². The summed E-state index contributed by atoms with van der Waals surface area (Å²) in [6.45, 7) is 7.00. The molecule has 32 heavy (non-hydrogen) atoms. The van der Waals surface area contributed by atoms with Crippen molar-refractivity contribution in [2.75, 3.05) is 18.4 Å². The summed E-state index contributed by atoms with van der Waals surface area (Å²) in [6.07, 6.45) is 3.89. The zero-order chi connectivity index (χ0) is 22.7. The van der Waals surface area contributed by atoms with Crippen molar-refractivity contribution >= 4 is 17.6 Å². The molecule has 166 valence electrons. The average Bonchev–Trinajstić information content (AvgIpc) is 3.23. The highest BCUT2D eigenvalue weighted by Crippen LogP contribution is 2.23. The molecule has 7 heteroatoms. The second-order valence-electron chi connectivity index (χ2n) is 8.35. The lowest BCUT2D eigenvalue weighted by molar-refractivity contribution is -0.121. The van der Waals surface area contributed by atoms with Crippen molar-refractivity contribution in [2.45, 2.75) is 40.0 Å². The Morgan fingerprint density at radius 1 is 1.12 bits per heavy atom. The van der Waals surface area contributed by atoms with E-state index >= 15 is 0 Å². The third-order valence-corrected chi connectivity index (χ3v) is 5.93. The number of anilines is 1. The summed E-state index contributed by atoms with van der Waals surface area (Å²) in [4.78, 5) is 32.3. The number of nitrogens with zero attached hydrogens (tertiary/aromatic N) is 4. The van der Waals surface area contributed by atoms with Gasteiger partial charge >= 0.3 is 0 Å². The summed E-state index contributed by atoms with van der Waals surface area (Å²) in [5.41, 5.74) is 4.45. The molecule has 3 heterocycles. The number of rotatable bonds is 5. The van der Waals surface area contributed by atoms with Crippen LogP contribution in [-0.4, -0.2) is 44.6 Å². The monoisotopic (exact) mass is 431 g/mol. The Kier molecular flexibility index (Phi) is 6.35. The van der Waals surface area contributed by atoms with Crippen molar-refractivity contribution in [3.63, 3.8) is 0 Å². The van der Waals surface area contributed by atoms with Gasteiger partial charge in [-0.15, -0.1) is 0 Å². The molecule has 1 aliphatic rings. The van der Waals surface area contributed by atoms with Gasteiger partial charge in [0.1, 0.15) is 5.82 Å². The van der Waals surface area contributed by atoms with Gasteiger partial charge in [0.15, 0.2) is 0 Å². The smallest absolute Gasteiger partial charge is 0.257 e. The number of aromatic nitrogens is 3. The Morgan fingerprint density at radius 3 is 2.62 bits per heavy atom. The van der Waals surface area contributed by atoms with Gasteiger partial charge in [0.25, 0.3) is 5.91 Å². The van der Waals surface area contributed by atoms with Crippen LogP contribution in [0.5, 0.6) is 0 Å². The van der Waals surface area contributed by atoms with E-state index < -0.39 is 0 Å². The zero-order valence-electron chi connectivity index (χ0n) is 18.8. The summed E-state index contributed by atoms with van der Waals surface area (Å²) < 4.78 is 1.84. The van der Waals surface area contributed by atoms with Crippen LogP contribution in [-0.2, 0) is 11.2 Å². The molecule has 1 fully saturated rings. The second kappa shape index (κ2) is 9.34. The van der Waals surface area contributed by atoms with Gasteiger partial charge in [-0.3, -0.25) is 9.59 Å². The Labute approximate surface area is 188 Å². The number of likely N-dealkylation sites (tertiary alicyclic amines) is 1. The van der Waals surface area contributed by atoms with E-state index in [1.807, 2.05) is 61.9 Å². The van der Waals surface area contributed by atoms with Crippen LogP contribution in [0.2, 0.25) is 0 Å². The standard InChI is InChI=1S/C25H29N5O2/c1-4-22-21(15-26-30(22)20-12-10-17(2)11-13-20)25(32)29-14-6-8-19(16-29)24(31)28-23-9-5-7-18(3)27-23/h5,7,9-13,15,19H,4,6,8,14,16H2,1-3H3,(H,27,28,31). The number of carbonyl (C=O) groups excluding carboxylic acids is 2. The molecule has 1 atom stereocenters. The van der Waals surface area contributed by atoms with Crippen LogP contribution in [0.25, 0.3) is 5.69 Å². The van der Waals surface area contributed by atoms with Crippen LogP contribution >= 0.6 is 0 Å². The molecule has 0 radical (unpaired) electrons. The van der Waals surface area contributed by atoms with Gasteiger partial charge in [0.2, 0.25) is 5.91 Å². The third kappa shape index (κ3) is 4.56. The first kappa shape index (κ1) is 21.7. The third-order valence-electron chi connectivity index (χ3n) is 5.93. The molecule has 1 aromatic carbocycles. The molecule has 1 aliphatic heterocycles. The molecular weight excluding hydrogens is 402 g/mol. The van der Waals surface area contributed by atoms with Crippen LogP contribution in [0.4, 0.5) is 5.82 Å². The SMILES string of the molecule is CCc1c(C(=O)N2CCCC(C(=O)Nc3cccc(C)n3)C2)cnn1-c1ccc(C)cc1. The van der Waals surface area contributed by atoms with E-state index in [1.165, 1.54) is 5.56 Å². The minimum Gasteiger partial charge on any atom is -0.338 e. The Balaban J connectivity index is 1.49. The predicted octanol–water partition coefficient (Wildman–Crippen LogP) is 3.94. The normalized spacial score (nSPS) is 16.1. The van der Waals surface area contributed by atoms with Crippen LogP contribution in [0.1, 0.15) is 47.1 Å². The van der Waals surface area contributed by atoms with Crippen molar-refractivity contribution < 1.29 is 9.59 Å². The molecule has 2 aromatic heterocycles. The van der Waals surface area contributed by atoms with E-state index in [1.54, 1.807) is 17.2 Å². The van der Waals surface area contributed by atoms with Crippen molar-refractivity contribution in [3.8, 4) is 5.69 Å². The van der Waals surface area contributed by atoms with Gasteiger partial charge in [-0.1, -0.05) is 30.7 Å². The van der Waals surface area contributed by atoms with E-state index in [4.69, 9.17) is 0 Å². The lowest BCUT2D eigenvalue weighted by atomic mass is 9.96. The molecule has 7 nitrogen and oxygen atoms in total. The molecule has 1 unspecified atom stereocenters. The van der Waals surface area contributed by atoms with E-state index in [9.17, 15) is 9.59 Å².